The van der Waals surface area contributed by atoms with Crippen LogP contribution in [-0.4, -0.2) is 39.2 Å². The van der Waals surface area contributed by atoms with Crippen LogP contribution in [0.3, 0.4) is 0 Å². The summed E-state index contributed by atoms with van der Waals surface area (Å²) in [5, 5.41) is 17.2. The van der Waals surface area contributed by atoms with Crippen LogP contribution in [0.5, 0.6) is 0 Å². The lowest BCUT2D eigenvalue weighted by atomic mass is 10.1. The Balaban J connectivity index is 2.05. The third-order valence-electron chi connectivity index (χ3n) is 3.21. The molecule has 1 aromatic carbocycles. The van der Waals surface area contributed by atoms with Gasteiger partial charge in [-0.2, -0.15) is 0 Å². The monoisotopic (exact) mass is 288 g/mol. The summed E-state index contributed by atoms with van der Waals surface area (Å²) in [6, 6.07) is 5.65. The summed E-state index contributed by atoms with van der Waals surface area (Å²) in [7, 11) is 0. The molecular formula is C14H20N6O. The highest BCUT2D eigenvalue weighted by atomic mass is 16.1. The highest BCUT2D eigenvalue weighted by molar-refractivity contribution is 5.92. The Morgan fingerprint density at radius 3 is 2.86 bits per heavy atom. The predicted octanol–water partition coefficient (Wildman–Crippen LogP) is 1.15. The van der Waals surface area contributed by atoms with Gasteiger partial charge in [-0.1, -0.05) is 13.8 Å². The summed E-state index contributed by atoms with van der Waals surface area (Å²) in [5.41, 5.74) is 2.65. The number of nitrogens with one attached hydrogen (secondary N) is 2. The Kier molecular flexibility index (Phi) is 4.99. The third-order valence-corrected chi connectivity index (χ3v) is 3.21. The van der Waals surface area contributed by atoms with Crippen LogP contribution in [0.1, 0.15) is 19.4 Å². The van der Waals surface area contributed by atoms with E-state index in [9.17, 15) is 4.79 Å². The number of anilines is 1. The molecule has 0 bridgehead atoms. The molecule has 0 fully saturated rings. The molecule has 1 aromatic heterocycles. The van der Waals surface area contributed by atoms with E-state index in [1.54, 1.807) is 11.0 Å². The number of carbonyl (C=O) groups is 1. The van der Waals surface area contributed by atoms with E-state index >= 15 is 0 Å². The summed E-state index contributed by atoms with van der Waals surface area (Å²) < 4.78 is 1.59. The lowest BCUT2D eigenvalue weighted by molar-refractivity contribution is -0.119. The number of hydrogen-bond donors (Lipinski definition) is 2. The van der Waals surface area contributed by atoms with Crippen LogP contribution in [0.2, 0.25) is 0 Å². The zero-order valence-corrected chi connectivity index (χ0v) is 12.5. The zero-order chi connectivity index (χ0) is 15.2. The highest BCUT2D eigenvalue weighted by Crippen LogP contribution is 2.18. The Morgan fingerprint density at radius 2 is 2.24 bits per heavy atom. The minimum Gasteiger partial charge on any atom is -0.326 e. The summed E-state index contributed by atoms with van der Waals surface area (Å²) in [6.45, 7) is 7.40. The number of benzene rings is 1. The highest BCUT2D eigenvalue weighted by Gasteiger charge is 2.13. The number of tetrazole rings is 1. The molecule has 0 aliphatic rings. The Bertz CT molecular complexity index is 596. The van der Waals surface area contributed by atoms with Crippen LogP contribution in [0.15, 0.2) is 24.5 Å². The van der Waals surface area contributed by atoms with Crippen LogP contribution in [0.4, 0.5) is 5.69 Å². The van der Waals surface area contributed by atoms with Gasteiger partial charge in [-0.05, 0) is 47.7 Å². The molecule has 0 saturated carbocycles. The summed E-state index contributed by atoms with van der Waals surface area (Å²) in [6.07, 6.45) is 1.54. The van der Waals surface area contributed by atoms with Crippen molar-refractivity contribution in [3.63, 3.8) is 0 Å². The molecule has 1 unspecified atom stereocenters. The van der Waals surface area contributed by atoms with Crippen molar-refractivity contribution in [2.24, 2.45) is 5.92 Å². The Morgan fingerprint density at radius 1 is 1.43 bits per heavy atom. The molecule has 1 atom stereocenters. The van der Waals surface area contributed by atoms with Gasteiger partial charge in [-0.25, -0.2) is 4.68 Å². The van der Waals surface area contributed by atoms with Crippen LogP contribution in [-0.2, 0) is 4.79 Å². The van der Waals surface area contributed by atoms with E-state index in [4.69, 9.17) is 0 Å². The van der Waals surface area contributed by atoms with E-state index in [1.807, 2.05) is 39.0 Å². The molecule has 2 aromatic rings. The lowest BCUT2D eigenvalue weighted by Crippen LogP contribution is -2.30. The van der Waals surface area contributed by atoms with Crippen LogP contribution in [0.25, 0.3) is 5.69 Å². The Hall–Kier alpha value is -2.28. The first-order chi connectivity index (χ1) is 10.1. The van der Waals surface area contributed by atoms with E-state index in [-0.39, 0.29) is 11.8 Å². The average Bonchev–Trinajstić information content (AvgIpc) is 2.98. The van der Waals surface area contributed by atoms with Crippen molar-refractivity contribution in [2.75, 3.05) is 18.4 Å². The fourth-order valence-corrected chi connectivity index (χ4v) is 1.98. The second kappa shape index (κ2) is 6.94. The number of hydrogen-bond acceptors (Lipinski definition) is 5. The molecule has 0 saturated heterocycles. The number of aryl methyl sites for hydroxylation is 1. The summed E-state index contributed by atoms with van der Waals surface area (Å²) in [4.78, 5) is 12.1. The van der Waals surface area contributed by atoms with Crippen molar-refractivity contribution in [1.82, 2.24) is 25.5 Å². The summed E-state index contributed by atoms with van der Waals surface area (Å²) in [5.74, 6) is -0.0741. The van der Waals surface area contributed by atoms with Gasteiger partial charge >= 0.3 is 0 Å². The number of rotatable bonds is 6. The number of nitrogens with zero attached hydrogens (tertiary/aromatic N) is 4. The molecule has 112 valence electrons. The van der Waals surface area contributed by atoms with Crippen molar-refractivity contribution in [1.29, 1.82) is 0 Å². The van der Waals surface area contributed by atoms with Crippen LogP contribution in [0, 0.1) is 12.8 Å². The van der Waals surface area contributed by atoms with E-state index in [2.05, 4.69) is 26.2 Å². The molecule has 0 aliphatic carbocycles. The topological polar surface area (TPSA) is 84.7 Å². The minimum absolute atomic E-state index is 0.00511. The normalized spacial score (nSPS) is 12.1. The van der Waals surface area contributed by atoms with Gasteiger partial charge in [0.1, 0.15) is 6.33 Å². The standard InChI is InChI=1S/C14H20N6O/c1-4-15-8-11(3)14(21)17-12-5-6-13(10(2)7-12)20-9-16-18-19-20/h5-7,9,11,15H,4,8H2,1-3H3,(H,17,21). The molecule has 1 amide bonds. The SMILES string of the molecule is CCNCC(C)C(=O)Nc1ccc(-n2cnnn2)c(C)c1. The third kappa shape index (κ3) is 3.85. The molecule has 7 heteroatoms. The first-order valence-corrected chi connectivity index (χ1v) is 6.97. The predicted molar refractivity (Wildman–Crippen MR) is 80.2 cm³/mol. The smallest absolute Gasteiger partial charge is 0.228 e. The van der Waals surface area contributed by atoms with Gasteiger partial charge in [0, 0.05) is 18.2 Å². The van der Waals surface area contributed by atoms with E-state index in [1.165, 1.54) is 0 Å². The van der Waals surface area contributed by atoms with E-state index in [0.717, 1.165) is 23.5 Å². The quantitative estimate of drug-likeness (QED) is 0.833. The van der Waals surface area contributed by atoms with Crippen LogP contribution < -0.4 is 10.6 Å². The largest absolute Gasteiger partial charge is 0.326 e. The molecule has 2 rings (SSSR count). The summed E-state index contributed by atoms with van der Waals surface area (Å²) >= 11 is 0. The van der Waals surface area contributed by atoms with Crippen molar-refractivity contribution in [3.05, 3.63) is 30.1 Å². The second-order valence-electron chi connectivity index (χ2n) is 4.95. The first kappa shape index (κ1) is 15.1. The molecule has 2 N–H and O–H groups in total. The van der Waals surface area contributed by atoms with Gasteiger partial charge < -0.3 is 10.6 Å². The lowest BCUT2D eigenvalue weighted by Gasteiger charge is -2.13. The van der Waals surface area contributed by atoms with Gasteiger partial charge in [0.15, 0.2) is 0 Å². The Labute approximate surface area is 123 Å². The second-order valence-corrected chi connectivity index (χ2v) is 4.95. The number of amides is 1. The van der Waals surface area contributed by atoms with Crippen molar-refractivity contribution < 1.29 is 4.79 Å². The number of aromatic nitrogens is 4. The van der Waals surface area contributed by atoms with E-state index < -0.39 is 0 Å². The van der Waals surface area contributed by atoms with Gasteiger partial charge in [-0.15, -0.1) is 5.10 Å². The molecule has 0 aliphatic heterocycles. The molecule has 1 heterocycles. The van der Waals surface area contributed by atoms with Crippen LogP contribution >= 0.6 is 0 Å². The molecule has 7 nitrogen and oxygen atoms in total. The van der Waals surface area contributed by atoms with Crippen molar-refractivity contribution >= 4 is 11.6 Å². The maximum absolute atomic E-state index is 12.1. The number of carbonyl (C=O) groups excluding carboxylic acids is 1. The average molecular weight is 288 g/mol. The zero-order valence-electron chi connectivity index (χ0n) is 12.5. The van der Waals surface area contributed by atoms with Gasteiger partial charge in [0.25, 0.3) is 0 Å². The molecule has 21 heavy (non-hydrogen) atoms. The maximum atomic E-state index is 12.1. The fourth-order valence-electron chi connectivity index (χ4n) is 1.98. The first-order valence-electron chi connectivity index (χ1n) is 6.97. The molecule has 0 radical (unpaired) electrons. The van der Waals surface area contributed by atoms with Gasteiger partial charge in [-0.3, -0.25) is 4.79 Å². The maximum Gasteiger partial charge on any atom is 0.228 e. The van der Waals surface area contributed by atoms with Gasteiger partial charge in [0.2, 0.25) is 5.91 Å². The van der Waals surface area contributed by atoms with E-state index in [0.29, 0.717) is 6.54 Å². The van der Waals surface area contributed by atoms with Crippen molar-refractivity contribution in [3.8, 4) is 5.69 Å². The molecule has 0 spiro atoms. The van der Waals surface area contributed by atoms with Crippen molar-refractivity contribution in [2.45, 2.75) is 20.8 Å². The minimum atomic E-state index is -0.0792. The molecular weight excluding hydrogens is 268 g/mol. The fraction of sp³-hybridized carbons (Fsp3) is 0.429. The van der Waals surface area contributed by atoms with Gasteiger partial charge in [0.05, 0.1) is 5.69 Å².